The van der Waals surface area contributed by atoms with Crippen molar-refractivity contribution in [2.45, 2.75) is 64.3 Å². The Morgan fingerprint density at radius 2 is 1.90 bits per heavy atom. The SMILES string of the molecule is CCCCC1CCC(C(N)Cc2ccc(F)cc2F)CC1. The highest BCUT2D eigenvalue weighted by molar-refractivity contribution is 5.19. The minimum Gasteiger partial charge on any atom is -0.327 e. The van der Waals surface area contributed by atoms with Gasteiger partial charge in [0.2, 0.25) is 0 Å². The van der Waals surface area contributed by atoms with Crippen molar-refractivity contribution in [3.63, 3.8) is 0 Å². The van der Waals surface area contributed by atoms with E-state index in [1.54, 1.807) is 0 Å². The molecular formula is C18H27F2N. The molecule has 0 aromatic heterocycles. The number of hydrogen-bond acceptors (Lipinski definition) is 1. The van der Waals surface area contributed by atoms with Crippen LogP contribution in [0.5, 0.6) is 0 Å². The molecule has 2 rings (SSSR count). The van der Waals surface area contributed by atoms with Gasteiger partial charge in [0, 0.05) is 12.1 Å². The summed E-state index contributed by atoms with van der Waals surface area (Å²) in [4.78, 5) is 0. The highest BCUT2D eigenvalue weighted by Crippen LogP contribution is 2.34. The van der Waals surface area contributed by atoms with Gasteiger partial charge in [-0.15, -0.1) is 0 Å². The average molecular weight is 295 g/mol. The minimum absolute atomic E-state index is 0.0166. The molecule has 1 fully saturated rings. The third-order valence-corrected chi connectivity index (χ3v) is 4.93. The Balaban J connectivity index is 1.83. The molecule has 0 aliphatic heterocycles. The molecule has 0 bridgehead atoms. The van der Waals surface area contributed by atoms with Gasteiger partial charge in [0.1, 0.15) is 11.6 Å². The molecule has 21 heavy (non-hydrogen) atoms. The van der Waals surface area contributed by atoms with E-state index in [0.29, 0.717) is 17.9 Å². The van der Waals surface area contributed by atoms with Crippen LogP contribution in [0.25, 0.3) is 0 Å². The summed E-state index contributed by atoms with van der Waals surface area (Å²) < 4.78 is 26.6. The Bertz CT molecular complexity index is 439. The van der Waals surface area contributed by atoms with Gasteiger partial charge in [0.05, 0.1) is 0 Å². The first-order valence-electron chi connectivity index (χ1n) is 8.29. The van der Waals surface area contributed by atoms with Crippen LogP contribution in [-0.4, -0.2) is 6.04 Å². The Hall–Kier alpha value is -0.960. The summed E-state index contributed by atoms with van der Waals surface area (Å²) in [6.45, 7) is 2.23. The molecule has 0 heterocycles. The predicted molar refractivity (Wildman–Crippen MR) is 83.0 cm³/mol. The Morgan fingerprint density at radius 1 is 1.19 bits per heavy atom. The average Bonchev–Trinajstić information content (AvgIpc) is 2.48. The third-order valence-electron chi connectivity index (χ3n) is 4.93. The van der Waals surface area contributed by atoms with E-state index in [4.69, 9.17) is 5.73 Å². The number of halogens is 2. The van der Waals surface area contributed by atoms with E-state index in [1.165, 1.54) is 44.2 Å². The summed E-state index contributed by atoms with van der Waals surface area (Å²) in [5.74, 6) is 0.339. The van der Waals surface area contributed by atoms with E-state index in [0.717, 1.165) is 24.8 Å². The second kappa shape index (κ2) is 7.88. The van der Waals surface area contributed by atoms with Crippen LogP contribution < -0.4 is 5.73 Å². The first-order chi connectivity index (χ1) is 10.1. The molecule has 118 valence electrons. The smallest absolute Gasteiger partial charge is 0.129 e. The van der Waals surface area contributed by atoms with Gasteiger partial charge in [0.25, 0.3) is 0 Å². The molecule has 1 aromatic rings. The molecular weight excluding hydrogens is 268 g/mol. The summed E-state index contributed by atoms with van der Waals surface area (Å²) in [7, 11) is 0. The molecule has 1 aromatic carbocycles. The van der Waals surface area contributed by atoms with E-state index in [2.05, 4.69) is 6.92 Å². The molecule has 1 unspecified atom stereocenters. The molecule has 1 aliphatic carbocycles. The van der Waals surface area contributed by atoms with Crippen LogP contribution >= 0.6 is 0 Å². The fraction of sp³-hybridized carbons (Fsp3) is 0.667. The van der Waals surface area contributed by atoms with E-state index >= 15 is 0 Å². The first-order valence-corrected chi connectivity index (χ1v) is 8.29. The lowest BCUT2D eigenvalue weighted by molar-refractivity contribution is 0.230. The lowest BCUT2D eigenvalue weighted by Crippen LogP contribution is -2.35. The molecule has 2 N–H and O–H groups in total. The number of rotatable bonds is 6. The van der Waals surface area contributed by atoms with Crippen LogP contribution in [0.3, 0.4) is 0 Å². The molecule has 3 heteroatoms. The fourth-order valence-corrected chi connectivity index (χ4v) is 3.51. The molecule has 1 nitrogen and oxygen atoms in total. The predicted octanol–water partition coefficient (Wildman–Crippen LogP) is 4.83. The van der Waals surface area contributed by atoms with Gasteiger partial charge in [0.15, 0.2) is 0 Å². The van der Waals surface area contributed by atoms with Gasteiger partial charge in [-0.1, -0.05) is 45.1 Å². The van der Waals surface area contributed by atoms with Crippen molar-refractivity contribution in [3.05, 3.63) is 35.4 Å². The third kappa shape index (κ3) is 4.77. The number of unbranched alkanes of at least 4 members (excludes halogenated alkanes) is 1. The highest BCUT2D eigenvalue weighted by atomic mass is 19.1. The van der Waals surface area contributed by atoms with E-state index in [1.807, 2.05) is 0 Å². The molecule has 0 amide bonds. The van der Waals surface area contributed by atoms with Crippen molar-refractivity contribution < 1.29 is 8.78 Å². The van der Waals surface area contributed by atoms with Gasteiger partial charge >= 0.3 is 0 Å². The van der Waals surface area contributed by atoms with Crippen LogP contribution in [-0.2, 0) is 6.42 Å². The Morgan fingerprint density at radius 3 is 2.52 bits per heavy atom. The van der Waals surface area contributed by atoms with Gasteiger partial charge < -0.3 is 5.73 Å². The second-order valence-corrected chi connectivity index (χ2v) is 6.53. The van der Waals surface area contributed by atoms with Crippen molar-refractivity contribution in [1.29, 1.82) is 0 Å². The van der Waals surface area contributed by atoms with Crippen LogP contribution in [0, 0.1) is 23.5 Å². The summed E-state index contributed by atoms with van der Waals surface area (Å²) in [5.41, 5.74) is 6.81. The standard InChI is InChI=1S/C18H27F2N/c1-2-3-4-13-5-7-14(8-6-13)18(21)11-15-9-10-16(19)12-17(15)20/h9-10,12-14,18H,2-8,11,21H2,1H3. The quantitative estimate of drug-likeness (QED) is 0.799. The number of benzene rings is 1. The maximum absolute atomic E-state index is 13.7. The van der Waals surface area contributed by atoms with Crippen LogP contribution in [0.4, 0.5) is 8.78 Å². The Labute approximate surface area is 126 Å². The fourth-order valence-electron chi connectivity index (χ4n) is 3.51. The van der Waals surface area contributed by atoms with Crippen molar-refractivity contribution >= 4 is 0 Å². The zero-order valence-electron chi connectivity index (χ0n) is 13.0. The molecule has 0 spiro atoms. The number of hydrogen-bond donors (Lipinski definition) is 1. The number of nitrogens with two attached hydrogens (primary N) is 1. The van der Waals surface area contributed by atoms with Crippen LogP contribution in [0.2, 0.25) is 0 Å². The Kier molecular flexibility index (Phi) is 6.16. The largest absolute Gasteiger partial charge is 0.327 e. The highest BCUT2D eigenvalue weighted by Gasteiger charge is 2.25. The van der Waals surface area contributed by atoms with Crippen molar-refractivity contribution in [2.75, 3.05) is 0 Å². The molecule has 1 saturated carbocycles. The van der Waals surface area contributed by atoms with E-state index in [-0.39, 0.29) is 6.04 Å². The monoisotopic (exact) mass is 295 g/mol. The van der Waals surface area contributed by atoms with Crippen LogP contribution in [0.1, 0.15) is 57.4 Å². The second-order valence-electron chi connectivity index (χ2n) is 6.53. The first kappa shape index (κ1) is 16.4. The maximum atomic E-state index is 13.7. The van der Waals surface area contributed by atoms with Crippen molar-refractivity contribution in [2.24, 2.45) is 17.6 Å². The minimum atomic E-state index is -0.527. The normalized spacial score (nSPS) is 24.0. The van der Waals surface area contributed by atoms with E-state index in [9.17, 15) is 8.78 Å². The summed E-state index contributed by atoms with van der Waals surface area (Å²) in [5, 5.41) is 0. The van der Waals surface area contributed by atoms with Crippen LogP contribution in [0.15, 0.2) is 18.2 Å². The van der Waals surface area contributed by atoms with Crippen molar-refractivity contribution in [3.8, 4) is 0 Å². The van der Waals surface area contributed by atoms with Gasteiger partial charge in [-0.05, 0) is 42.7 Å². The zero-order valence-corrected chi connectivity index (χ0v) is 13.0. The van der Waals surface area contributed by atoms with Gasteiger partial charge in [-0.3, -0.25) is 0 Å². The summed E-state index contributed by atoms with van der Waals surface area (Å²) in [6, 6.07) is 3.77. The summed E-state index contributed by atoms with van der Waals surface area (Å²) >= 11 is 0. The molecule has 1 aliphatic rings. The lowest BCUT2D eigenvalue weighted by Gasteiger charge is -2.32. The zero-order chi connectivity index (χ0) is 15.2. The molecule has 0 radical (unpaired) electrons. The van der Waals surface area contributed by atoms with Gasteiger partial charge in [-0.2, -0.15) is 0 Å². The van der Waals surface area contributed by atoms with Gasteiger partial charge in [-0.25, -0.2) is 8.78 Å². The van der Waals surface area contributed by atoms with Crippen molar-refractivity contribution in [1.82, 2.24) is 0 Å². The topological polar surface area (TPSA) is 26.0 Å². The molecule has 0 saturated heterocycles. The lowest BCUT2D eigenvalue weighted by atomic mass is 9.76. The van der Waals surface area contributed by atoms with E-state index < -0.39 is 11.6 Å². The molecule has 1 atom stereocenters. The maximum Gasteiger partial charge on any atom is 0.129 e. The summed E-state index contributed by atoms with van der Waals surface area (Å²) in [6.07, 6.45) is 9.25.